The van der Waals surface area contributed by atoms with Gasteiger partial charge < -0.3 is 54.3 Å². The van der Waals surface area contributed by atoms with Crippen LogP contribution in [0.3, 0.4) is 0 Å². The summed E-state index contributed by atoms with van der Waals surface area (Å²) in [5.41, 5.74) is 0. The average Bonchev–Trinajstić information content (AvgIpc) is 2.71. The fourth-order valence-electron chi connectivity index (χ4n) is 3.19. The highest BCUT2D eigenvalue weighted by Gasteiger charge is 2.50. The molecule has 2 aliphatic rings. The molecule has 0 aromatic heterocycles. The highest BCUT2D eigenvalue weighted by molar-refractivity contribution is 5.69. The minimum atomic E-state index is -1.73. The average molecular weight is 426 g/mol. The van der Waals surface area contributed by atoms with E-state index in [4.69, 9.17) is 23.7 Å². The normalized spacial score (nSPS) is 43.2. The van der Waals surface area contributed by atoms with Gasteiger partial charge in [0.1, 0.15) is 55.4 Å². The molecule has 12 nitrogen and oxygen atoms in total. The lowest BCUT2D eigenvalue weighted by atomic mass is 9.97. The van der Waals surface area contributed by atoms with E-state index in [0.29, 0.717) is 6.42 Å². The Morgan fingerprint density at radius 1 is 0.897 bits per heavy atom. The molecule has 2 aliphatic heterocycles. The second-order valence-corrected chi connectivity index (χ2v) is 6.99. The molecular formula is C17H30O12. The van der Waals surface area contributed by atoms with Crippen molar-refractivity contribution in [3.63, 3.8) is 0 Å². The maximum atomic E-state index is 11.5. The van der Waals surface area contributed by atoms with Gasteiger partial charge >= 0.3 is 5.97 Å². The van der Waals surface area contributed by atoms with Gasteiger partial charge in [0.05, 0.1) is 6.61 Å². The van der Waals surface area contributed by atoms with Gasteiger partial charge in [-0.05, 0) is 6.42 Å². The highest BCUT2D eigenvalue weighted by atomic mass is 16.7. The van der Waals surface area contributed by atoms with Gasteiger partial charge in [0, 0.05) is 13.5 Å². The molecular weight excluding hydrogens is 396 g/mol. The van der Waals surface area contributed by atoms with E-state index >= 15 is 0 Å². The summed E-state index contributed by atoms with van der Waals surface area (Å²) in [6.45, 7) is 0.778. The van der Waals surface area contributed by atoms with Gasteiger partial charge in [0.25, 0.3) is 0 Å². The first-order chi connectivity index (χ1) is 13.7. The third kappa shape index (κ3) is 5.61. The van der Waals surface area contributed by atoms with Crippen LogP contribution < -0.4 is 0 Å². The fraction of sp³-hybridized carbons (Fsp3) is 0.941. The Labute approximate surface area is 167 Å². The van der Waals surface area contributed by atoms with Gasteiger partial charge in [-0.25, -0.2) is 0 Å². The molecule has 0 saturated carbocycles. The molecule has 0 aromatic carbocycles. The Bertz CT molecular complexity index is 517. The van der Waals surface area contributed by atoms with Crippen LogP contribution in [0.2, 0.25) is 0 Å². The quantitative estimate of drug-likeness (QED) is 0.212. The molecule has 0 radical (unpaired) electrons. The van der Waals surface area contributed by atoms with Gasteiger partial charge in [-0.3, -0.25) is 4.79 Å². The first kappa shape index (κ1) is 24.3. The van der Waals surface area contributed by atoms with Crippen LogP contribution >= 0.6 is 0 Å². The number of aliphatic hydroxyl groups is 6. The van der Waals surface area contributed by atoms with Crippen LogP contribution in [0.1, 0.15) is 19.8 Å². The lowest BCUT2D eigenvalue weighted by molar-refractivity contribution is -0.357. The van der Waals surface area contributed by atoms with Crippen LogP contribution in [0.4, 0.5) is 0 Å². The zero-order chi connectivity index (χ0) is 21.7. The lowest BCUT2D eigenvalue weighted by Crippen LogP contribution is -2.64. The maximum Gasteiger partial charge on any atom is 0.305 e. The zero-order valence-corrected chi connectivity index (χ0v) is 16.2. The van der Waals surface area contributed by atoms with Crippen molar-refractivity contribution in [1.29, 1.82) is 0 Å². The number of hydrogen-bond acceptors (Lipinski definition) is 12. The van der Waals surface area contributed by atoms with Crippen molar-refractivity contribution in [2.75, 3.05) is 20.3 Å². The van der Waals surface area contributed by atoms with E-state index in [2.05, 4.69) is 0 Å². The van der Waals surface area contributed by atoms with Gasteiger partial charge in [0.15, 0.2) is 12.6 Å². The van der Waals surface area contributed by atoms with Gasteiger partial charge in [0.2, 0.25) is 0 Å². The van der Waals surface area contributed by atoms with Crippen molar-refractivity contribution in [2.24, 2.45) is 0 Å². The number of carbonyl (C=O) groups is 1. The van der Waals surface area contributed by atoms with Gasteiger partial charge in [-0.2, -0.15) is 0 Å². The SMILES string of the molecule is CCCC(=O)OC[C@H]1O[C@@H](O[C@H]2[C@H](O)[C@@H](O)[C@H](OC)O[C@@H]2CO)[C@H](O)[C@@H](O)[C@H]1O. The van der Waals surface area contributed by atoms with Crippen molar-refractivity contribution in [3.05, 3.63) is 0 Å². The van der Waals surface area contributed by atoms with Gasteiger partial charge in [-0.1, -0.05) is 6.92 Å². The molecule has 6 N–H and O–H groups in total. The van der Waals surface area contributed by atoms with E-state index in [1.54, 1.807) is 6.92 Å². The van der Waals surface area contributed by atoms with E-state index in [9.17, 15) is 35.4 Å². The fourth-order valence-corrected chi connectivity index (χ4v) is 3.19. The Hall–Kier alpha value is -0.930. The number of carbonyl (C=O) groups excluding carboxylic acids is 1. The minimum absolute atomic E-state index is 0.163. The molecule has 0 aliphatic carbocycles. The van der Waals surface area contributed by atoms with E-state index in [1.165, 1.54) is 7.11 Å². The van der Waals surface area contributed by atoms with Crippen molar-refractivity contribution >= 4 is 5.97 Å². The number of rotatable bonds is 8. The summed E-state index contributed by atoms with van der Waals surface area (Å²) in [6, 6.07) is 0. The molecule has 0 aromatic rings. The lowest BCUT2D eigenvalue weighted by Gasteiger charge is -2.45. The standard InChI is InChI=1S/C17H30O12/c1-3-4-9(19)26-6-8-10(20)11(21)13(23)17(28-8)29-15-7(5-18)27-16(25-2)14(24)12(15)22/h7-8,10-18,20-24H,3-6H2,1-2H3/t7-,8-,10+,11+,12-,13-,14-,15-,16-,17+/m1/s1. The summed E-state index contributed by atoms with van der Waals surface area (Å²) < 4.78 is 26.1. The van der Waals surface area contributed by atoms with Crippen LogP contribution in [0.15, 0.2) is 0 Å². The monoisotopic (exact) mass is 426 g/mol. The summed E-state index contributed by atoms with van der Waals surface area (Å²) >= 11 is 0. The second-order valence-electron chi connectivity index (χ2n) is 6.99. The van der Waals surface area contributed by atoms with Crippen LogP contribution in [0.5, 0.6) is 0 Å². The highest BCUT2D eigenvalue weighted by Crippen LogP contribution is 2.29. The van der Waals surface area contributed by atoms with E-state index in [0.717, 1.165) is 0 Å². The number of methoxy groups -OCH3 is 1. The number of hydrogen-bond donors (Lipinski definition) is 6. The van der Waals surface area contributed by atoms with E-state index in [1.807, 2.05) is 0 Å². The molecule has 0 bridgehead atoms. The number of esters is 1. The Balaban J connectivity index is 2.07. The molecule has 0 unspecified atom stereocenters. The molecule has 2 heterocycles. The summed E-state index contributed by atoms with van der Waals surface area (Å²) in [5, 5.41) is 60.2. The van der Waals surface area contributed by atoms with Crippen molar-refractivity contribution in [2.45, 2.75) is 81.2 Å². The molecule has 0 spiro atoms. The molecule has 29 heavy (non-hydrogen) atoms. The first-order valence-electron chi connectivity index (χ1n) is 9.41. The smallest absolute Gasteiger partial charge is 0.305 e. The molecule has 0 amide bonds. The van der Waals surface area contributed by atoms with Crippen molar-refractivity contribution in [1.82, 2.24) is 0 Å². The largest absolute Gasteiger partial charge is 0.463 e. The topological polar surface area (TPSA) is 185 Å². The first-order valence-corrected chi connectivity index (χ1v) is 9.41. The second kappa shape index (κ2) is 10.9. The van der Waals surface area contributed by atoms with E-state index < -0.39 is 80.6 Å². The van der Waals surface area contributed by atoms with Gasteiger partial charge in [-0.15, -0.1) is 0 Å². The van der Waals surface area contributed by atoms with Crippen molar-refractivity contribution in [3.8, 4) is 0 Å². The third-order valence-electron chi connectivity index (χ3n) is 4.88. The molecule has 10 atom stereocenters. The molecule has 12 heteroatoms. The predicted molar refractivity (Wildman–Crippen MR) is 92.2 cm³/mol. The maximum absolute atomic E-state index is 11.5. The van der Waals surface area contributed by atoms with Crippen LogP contribution in [0, 0.1) is 0 Å². The summed E-state index contributed by atoms with van der Waals surface area (Å²) in [4.78, 5) is 11.5. The number of ether oxygens (including phenoxy) is 5. The molecule has 2 rings (SSSR count). The Kier molecular flexibility index (Phi) is 9.15. The minimum Gasteiger partial charge on any atom is -0.463 e. The Morgan fingerprint density at radius 2 is 1.52 bits per heavy atom. The Morgan fingerprint density at radius 3 is 2.10 bits per heavy atom. The molecule has 2 fully saturated rings. The summed E-state index contributed by atoms with van der Waals surface area (Å²) in [7, 11) is 1.24. The van der Waals surface area contributed by atoms with E-state index in [-0.39, 0.29) is 6.42 Å². The number of aliphatic hydroxyl groups excluding tert-OH is 6. The molecule has 2 saturated heterocycles. The van der Waals surface area contributed by atoms with Crippen molar-refractivity contribution < 1.29 is 59.1 Å². The van der Waals surface area contributed by atoms with Crippen LogP contribution in [0.25, 0.3) is 0 Å². The van der Waals surface area contributed by atoms with Crippen LogP contribution in [-0.2, 0) is 28.5 Å². The summed E-state index contributed by atoms with van der Waals surface area (Å²) in [5.74, 6) is -0.522. The predicted octanol–water partition coefficient (Wildman–Crippen LogP) is -3.39. The van der Waals surface area contributed by atoms with Crippen LogP contribution in [-0.4, -0.2) is 118 Å². The zero-order valence-electron chi connectivity index (χ0n) is 16.2. The molecule has 170 valence electrons. The third-order valence-corrected chi connectivity index (χ3v) is 4.88. The summed E-state index contributed by atoms with van der Waals surface area (Å²) in [6.07, 6.45) is -13.9.